The van der Waals surface area contributed by atoms with Crippen LogP contribution in [0.5, 0.6) is 5.75 Å². The lowest BCUT2D eigenvalue weighted by Gasteiger charge is -2.38. The highest BCUT2D eigenvalue weighted by Crippen LogP contribution is 2.27. The molecule has 6 nitrogen and oxygen atoms in total. The zero-order valence-electron chi connectivity index (χ0n) is 17.5. The molecule has 0 unspecified atom stereocenters. The van der Waals surface area contributed by atoms with Crippen molar-refractivity contribution >= 4 is 11.8 Å². The monoisotopic (exact) mass is 395 g/mol. The number of primary amides is 1. The summed E-state index contributed by atoms with van der Waals surface area (Å²) in [5.74, 6) is -0.375. The predicted octanol–water partition coefficient (Wildman–Crippen LogP) is 1.92. The quantitative estimate of drug-likeness (QED) is 0.810. The first-order valence-electron chi connectivity index (χ1n) is 9.81. The Hall–Kier alpha value is -2.86. The van der Waals surface area contributed by atoms with E-state index >= 15 is 0 Å². The molecule has 0 saturated carbocycles. The van der Waals surface area contributed by atoms with Crippen LogP contribution in [0.4, 0.5) is 0 Å². The van der Waals surface area contributed by atoms with E-state index in [4.69, 9.17) is 5.73 Å². The Kier molecular flexibility index (Phi) is 5.94. The molecule has 0 fully saturated rings. The van der Waals surface area contributed by atoms with E-state index in [0.717, 1.165) is 27.8 Å². The molecule has 0 aromatic heterocycles. The number of phenols is 1. The third kappa shape index (κ3) is 4.27. The molecule has 1 aliphatic heterocycles. The zero-order valence-corrected chi connectivity index (χ0v) is 17.5. The standard InChI is InChI=1S/C23H29N3O3/c1-14-9-18(27)10-15(2)19(14)12-21(25(3)4)23(29)26-13-17-8-6-5-7-16(17)11-20(26)22(24)28/h5-10,20-21,27H,11-13H2,1-4H3,(H2,24,28)/t20-,21-/m0/s1. The summed E-state index contributed by atoms with van der Waals surface area (Å²) in [6, 6.07) is 10.2. The summed E-state index contributed by atoms with van der Waals surface area (Å²) in [4.78, 5) is 29.3. The van der Waals surface area contributed by atoms with Crippen LogP contribution in [0.3, 0.4) is 0 Å². The van der Waals surface area contributed by atoms with Gasteiger partial charge in [0.25, 0.3) is 0 Å². The Balaban J connectivity index is 1.93. The fourth-order valence-electron chi connectivity index (χ4n) is 4.18. The van der Waals surface area contributed by atoms with Gasteiger partial charge in [0.1, 0.15) is 11.8 Å². The molecule has 29 heavy (non-hydrogen) atoms. The molecule has 6 heteroatoms. The second-order valence-corrected chi connectivity index (χ2v) is 8.10. The molecule has 0 aliphatic carbocycles. The maximum absolute atomic E-state index is 13.6. The summed E-state index contributed by atoms with van der Waals surface area (Å²) >= 11 is 0. The van der Waals surface area contributed by atoms with Gasteiger partial charge >= 0.3 is 0 Å². The number of amides is 2. The van der Waals surface area contributed by atoms with Crippen LogP contribution in [0, 0.1) is 13.8 Å². The highest BCUT2D eigenvalue weighted by atomic mass is 16.3. The van der Waals surface area contributed by atoms with Crippen LogP contribution < -0.4 is 5.73 Å². The minimum absolute atomic E-state index is 0.111. The molecule has 154 valence electrons. The van der Waals surface area contributed by atoms with E-state index in [1.54, 1.807) is 17.0 Å². The lowest BCUT2D eigenvalue weighted by molar-refractivity contribution is -0.144. The van der Waals surface area contributed by atoms with Gasteiger partial charge in [-0.2, -0.15) is 0 Å². The van der Waals surface area contributed by atoms with E-state index in [1.807, 2.05) is 57.1 Å². The number of aromatic hydroxyl groups is 1. The fraction of sp³-hybridized carbons (Fsp3) is 0.391. The van der Waals surface area contributed by atoms with Crippen molar-refractivity contribution in [1.82, 2.24) is 9.80 Å². The lowest BCUT2D eigenvalue weighted by atomic mass is 9.91. The number of benzene rings is 2. The van der Waals surface area contributed by atoms with Crippen LogP contribution >= 0.6 is 0 Å². The number of likely N-dealkylation sites (N-methyl/N-ethyl adjacent to an activating group) is 1. The highest BCUT2D eigenvalue weighted by molar-refractivity contribution is 5.90. The zero-order chi connectivity index (χ0) is 21.3. The van der Waals surface area contributed by atoms with Gasteiger partial charge in [-0.25, -0.2) is 0 Å². The van der Waals surface area contributed by atoms with Crippen LogP contribution in [-0.4, -0.2) is 52.9 Å². The van der Waals surface area contributed by atoms with Crippen LogP contribution in [0.2, 0.25) is 0 Å². The molecule has 0 spiro atoms. The van der Waals surface area contributed by atoms with Gasteiger partial charge in [-0.15, -0.1) is 0 Å². The molecular formula is C23H29N3O3. The van der Waals surface area contributed by atoms with Crippen LogP contribution in [0.15, 0.2) is 36.4 Å². The molecule has 3 rings (SSSR count). The average Bonchev–Trinajstić information content (AvgIpc) is 2.65. The van der Waals surface area contributed by atoms with Crippen molar-refractivity contribution in [1.29, 1.82) is 0 Å². The molecule has 3 N–H and O–H groups in total. The number of nitrogens with two attached hydrogens (primary N) is 1. The number of phenolic OH excluding ortho intramolecular Hbond substituents is 1. The van der Waals surface area contributed by atoms with E-state index in [-0.39, 0.29) is 11.7 Å². The summed E-state index contributed by atoms with van der Waals surface area (Å²) in [6.07, 6.45) is 0.933. The Bertz CT molecular complexity index is 916. The lowest BCUT2D eigenvalue weighted by Crippen LogP contribution is -2.56. The van der Waals surface area contributed by atoms with Gasteiger partial charge in [-0.05, 0) is 74.3 Å². The number of fused-ring (bicyclic) bond motifs is 1. The molecular weight excluding hydrogens is 366 g/mol. The molecule has 0 bridgehead atoms. The first-order chi connectivity index (χ1) is 13.7. The Morgan fingerprint density at radius 3 is 2.31 bits per heavy atom. The van der Waals surface area contributed by atoms with Gasteiger partial charge in [0.15, 0.2) is 0 Å². The first kappa shape index (κ1) is 20.9. The van der Waals surface area contributed by atoms with Crippen molar-refractivity contribution in [3.8, 4) is 5.75 Å². The Labute approximate surface area is 171 Å². The third-order valence-corrected chi connectivity index (χ3v) is 5.85. The second-order valence-electron chi connectivity index (χ2n) is 8.10. The van der Waals surface area contributed by atoms with Crippen molar-refractivity contribution in [2.45, 2.75) is 45.3 Å². The van der Waals surface area contributed by atoms with E-state index < -0.39 is 18.0 Å². The molecule has 2 atom stereocenters. The second kappa shape index (κ2) is 8.25. The van der Waals surface area contributed by atoms with E-state index in [9.17, 15) is 14.7 Å². The normalized spacial score (nSPS) is 17.1. The third-order valence-electron chi connectivity index (χ3n) is 5.85. The largest absolute Gasteiger partial charge is 0.508 e. The van der Waals surface area contributed by atoms with Gasteiger partial charge < -0.3 is 15.7 Å². The molecule has 0 saturated heterocycles. The molecule has 2 aromatic carbocycles. The number of carbonyl (C=O) groups excluding carboxylic acids is 2. The first-order valence-corrected chi connectivity index (χ1v) is 9.81. The number of rotatable bonds is 5. The molecule has 1 heterocycles. The number of carbonyl (C=O) groups is 2. The van der Waals surface area contributed by atoms with E-state index in [0.29, 0.717) is 19.4 Å². The molecule has 2 amide bonds. The average molecular weight is 396 g/mol. The maximum atomic E-state index is 13.6. The Morgan fingerprint density at radius 1 is 1.17 bits per heavy atom. The van der Waals surface area contributed by atoms with Gasteiger partial charge in [-0.1, -0.05) is 24.3 Å². The van der Waals surface area contributed by atoms with E-state index in [1.165, 1.54) is 0 Å². The minimum atomic E-state index is -0.651. The SMILES string of the molecule is Cc1cc(O)cc(C)c1C[C@@H](C(=O)N1Cc2ccccc2C[C@H]1C(N)=O)N(C)C. The fourth-order valence-corrected chi connectivity index (χ4v) is 4.18. The van der Waals surface area contributed by atoms with Crippen molar-refractivity contribution in [2.75, 3.05) is 14.1 Å². The smallest absolute Gasteiger partial charge is 0.241 e. The van der Waals surface area contributed by atoms with Crippen LogP contribution in [0.25, 0.3) is 0 Å². The molecule has 0 radical (unpaired) electrons. The van der Waals surface area contributed by atoms with Crippen molar-refractivity contribution < 1.29 is 14.7 Å². The number of hydrogen-bond donors (Lipinski definition) is 2. The van der Waals surface area contributed by atoms with Crippen molar-refractivity contribution in [3.63, 3.8) is 0 Å². The number of hydrogen-bond acceptors (Lipinski definition) is 4. The van der Waals surface area contributed by atoms with Crippen molar-refractivity contribution in [2.24, 2.45) is 5.73 Å². The molecule has 1 aliphatic rings. The van der Waals surface area contributed by atoms with Crippen molar-refractivity contribution in [3.05, 3.63) is 64.2 Å². The van der Waals surface area contributed by atoms with Gasteiger partial charge in [0.2, 0.25) is 11.8 Å². The summed E-state index contributed by atoms with van der Waals surface area (Å²) < 4.78 is 0. The highest BCUT2D eigenvalue weighted by Gasteiger charge is 2.37. The summed E-state index contributed by atoms with van der Waals surface area (Å²) in [5.41, 5.74) is 10.7. The molecule has 2 aromatic rings. The summed E-state index contributed by atoms with van der Waals surface area (Å²) in [5, 5.41) is 9.83. The van der Waals surface area contributed by atoms with Gasteiger partial charge in [0.05, 0.1) is 6.04 Å². The van der Waals surface area contributed by atoms with Gasteiger partial charge in [0, 0.05) is 13.0 Å². The van der Waals surface area contributed by atoms with Crippen LogP contribution in [0.1, 0.15) is 27.8 Å². The van der Waals surface area contributed by atoms with E-state index in [2.05, 4.69) is 0 Å². The minimum Gasteiger partial charge on any atom is -0.508 e. The topological polar surface area (TPSA) is 86.9 Å². The predicted molar refractivity (Wildman–Crippen MR) is 112 cm³/mol. The van der Waals surface area contributed by atoms with Gasteiger partial charge in [-0.3, -0.25) is 14.5 Å². The number of nitrogens with zero attached hydrogens (tertiary/aromatic N) is 2. The summed E-state index contributed by atoms with van der Waals surface area (Å²) in [7, 11) is 3.73. The Morgan fingerprint density at radius 2 is 1.76 bits per heavy atom. The summed E-state index contributed by atoms with van der Waals surface area (Å²) in [6.45, 7) is 4.24. The maximum Gasteiger partial charge on any atom is 0.241 e. The number of aryl methyl sites for hydroxylation is 2. The van der Waals surface area contributed by atoms with Crippen LogP contribution in [-0.2, 0) is 29.0 Å².